The Kier molecular flexibility index (Phi) is 6.34. The first-order valence-electron chi connectivity index (χ1n) is 6.05. The van der Waals surface area contributed by atoms with Gasteiger partial charge in [0.05, 0.1) is 0 Å². The van der Waals surface area contributed by atoms with Gasteiger partial charge in [-0.15, -0.1) is 0 Å². The number of ether oxygens (including phenoxy) is 1. The van der Waals surface area contributed by atoms with Crippen LogP contribution in [0.3, 0.4) is 0 Å². The molecule has 0 aliphatic carbocycles. The molecule has 0 saturated carbocycles. The van der Waals surface area contributed by atoms with E-state index in [1.54, 1.807) is 6.07 Å². The van der Waals surface area contributed by atoms with E-state index in [0.717, 1.165) is 25.1 Å². The number of unbranched alkanes of at least 4 members (excludes halogenated alkanes) is 1. The van der Waals surface area contributed by atoms with Gasteiger partial charge in [-0.25, -0.2) is 0 Å². The SMILES string of the molecule is Cc1cccc(NCCCCC(=O)OCC#N)c1. The third-order valence-electron chi connectivity index (χ3n) is 2.45. The molecule has 0 unspecified atom stereocenters. The third kappa shape index (κ3) is 5.90. The van der Waals surface area contributed by atoms with E-state index in [2.05, 4.69) is 29.1 Å². The van der Waals surface area contributed by atoms with E-state index in [0.29, 0.717) is 6.42 Å². The normalized spacial score (nSPS) is 9.56. The number of carbonyl (C=O) groups is 1. The van der Waals surface area contributed by atoms with E-state index in [9.17, 15) is 4.79 Å². The van der Waals surface area contributed by atoms with Gasteiger partial charge in [0, 0.05) is 18.7 Å². The fourth-order valence-electron chi connectivity index (χ4n) is 1.57. The molecule has 0 saturated heterocycles. The van der Waals surface area contributed by atoms with E-state index >= 15 is 0 Å². The third-order valence-corrected chi connectivity index (χ3v) is 2.45. The Morgan fingerprint density at radius 1 is 1.44 bits per heavy atom. The summed E-state index contributed by atoms with van der Waals surface area (Å²) in [5.74, 6) is -0.299. The number of esters is 1. The molecule has 0 amide bonds. The Morgan fingerprint density at radius 2 is 2.28 bits per heavy atom. The lowest BCUT2D eigenvalue weighted by atomic mass is 10.2. The predicted octanol–water partition coefficient (Wildman–Crippen LogP) is 2.64. The molecule has 0 aliphatic rings. The fourth-order valence-corrected chi connectivity index (χ4v) is 1.57. The van der Waals surface area contributed by atoms with Crippen LogP contribution in [-0.2, 0) is 9.53 Å². The van der Waals surface area contributed by atoms with Gasteiger partial charge in [0.25, 0.3) is 0 Å². The summed E-state index contributed by atoms with van der Waals surface area (Å²) in [6, 6.07) is 9.94. The standard InChI is InChI=1S/C14H18N2O2/c1-12-5-4-6-13(11-12)16-9-3-2-7-14(17)18-10-8-15/h4-6,11,16H,2-3,7,9-10H2,1H3. The van der Waals surface area contributed by atoms with E-state index in [-0.39, 0.29) is 12.6 Å². The van der Waals surface area contributed by atoms with Crippen LogP contribution in [0.2, 0.25) is 0 Å². The molecule has 1 aromatic rings. The monoisotopic (exact) mass is 246 g/mol. The number of carbonyl (C=O) groups excluding carboxylic acids is 1. The number of hydrogen-bond donors (Lipinski definition) is 1. The highest BCUT2D eigenvalue weighted by atomic mass is 16.5. The van der Waals surface area contributed by atoms with Crippen LogP contribution in [0.4, 0.5) is 5.69 Å². The molecule has 0 bridgehead atoms. The molecule has 0 heterocycles. The highest BCUT2D eigenvalue weighted by molar-refractivity contribution is 5.69. The quantitative estimate of drug-likeness (QED) is 0.593. The molecule has 96 valence electrons. The minimum absolute atomic E-state index is 0.152. The molecule has 0 atom stereocenters. The highest BCUT2D eigenvalue weighted by Crippen LogP contribution is 2.09. The lowest BCUT2D eigenvalue weighted by Crippen LogP contribution is -2.06. The van der Waals surface area contributed by atoms with Crippen LogP contribution in [0.5, 0.6) is 0 Å². The summed E-state index contributed by atoms with van der Waals surface area (Å²) in [5, 5.41) is 11.5. The van der Waals surface area contributed by atoms with E-state index in [1.165, 1.54) is 5.56 Å². The van der Waals surface area contributed by atoms with Crippen molar-refractivity contribution in [1.29, 1.82) is 5.26 Å². The second-order valence-electron chi connectivity index (χ2n) is 4.07. The summed E-state index contributed by atoms with van der Waals surface area (Å²) in [4.78, 5) is 11.1. The molecule has 1 aromatic carbocycles. The van der Waals surface area contributed by atoms with Crippen molar-refractivity contribution in [2.45, 2.75) is 26.2 Å². The Morgan fingerprint density at radius 3 is 3.00 bits per heavy atom. The lowest BCUT2D eigenvalue weighted by molar-refractivity contribution is -0.142. The molecule has 4 heteroatoms. The molecule has 0 aromatic heterocycles. The van der Waals surface area contributed by atoms with Crippen LogP contribution >= 0.6 is 0 Å². The molecular weight excluding hydrogens is 228 g/mol. The van der Waals surface area contributed by atoms with Gasteiger partial charge in [-0.05, 0) is 37.5 Å². The average Bonchev–Trinajstić information content (AvgIpc) is 2.36. The van der Waals surface area contributed by atoms with E-state index in [1.807, 2.05) is 12.1 Å². The number of benzene rings is 1. The van der Waals surface area contributed by atoms with Crippen molar-refractivity contribution in [3.05, 3.63) is 29.8 Å². The Balaban J connectivity index is 2.09. The summed E-state index contributed by atoms with van der Waals surface area (Å²) < 4.78 is 4.65. The predicted molar refractivity (Wildman–Crippen MR) is 70.1 cm³/mol. The maximum atomic E-state index is 11.1. The zero-order valence-electron chi connectivity index (χ0n) is 10.6. The summed E-state index contributed by atoms with van der Waals surface area (Å²) in [6.45, 7) is 2.73. The second kappa shape index (κ2) is 8.13. The summed E-state index contributed by atoms with van der Waals surface area (Å²) in [5.41, 5.74) is 2.32. The van der Waals surface area contributed by atoms with Crippen LogP contribution in [0.15, 0.2) is 24.3 Å². The first-order chi connectivity index (χ1) is 8.72. The van der Waals surface area contributed by atoms with Crippen molar-refractivity contribution in [1.82, 2.24) is 0 Å². The summed E-state index contributed by atoms with van der Waals surface area (Å²) >= 11 is 0. The number of rotatable bonds is 7. The van der Waals surface area contributed by atoms with Crippen LogP contribution < -0.4 is 5.32 Å². The molecular formula is C14H18N2O2. The number of anilines is 1. The Hall–Kier alpha value is -2.02. The van der Waals surface area contributed by atoms with Gasteiger partial charge in [-0.2, -0.15) is 5.26 Å². The average molecular weight is 246 g/mol. The number of hydrogen-bond acceptors (Lipinski definition) is 4. The lowest BCUT2D eigenvalue weighted by Gasteiger charge is -2.06. The maximum Gasteiger partial charge on any atom is 0.306 e. The van der Waals surface area contributed by atoms with Crippen LogP contribution in [0.1, 0.15) is 24.8 Å². The van der Waals surface area contributed by atoms with Crippen molar-refractivity contribution in [3.8, 4) is 6.07 Å². The Labute approximate surface area is 108 Å². The van der Waals surface area contributed by atoms with Gasteiger partial charge in [0.2, 0.25) is 0 Å². The van der Waals surface area contributed by atoms with Crippen molar-refractivity contribution in [2.75, 3.05) is 18.5 Å². The number of nitriles is 1. The van der Waals surface area contributed by atoms with E-state index in [4.69, 9.17) is 5.26 Å². The summed E-state index contributed by atoms with van der Waals surface area (Å²) in [7, 11) is 0. The Bertz CT molecular complexity index is 424. The van der Waals surface area contributed by atoms with Crippen molar-refractivity contribution in [2.24, 2.45) is 0 Å². The van der Waals surface area contributed by atoms with Gasteiger partial charge in [0.1, 0.15) is 6.07 Å². The van der Waals surface area contributed by atoms with Gasteiger partial charge in [0.15, 0.2) is 6.61 Å². The largest absolute Gasteiger partial charge is 0.450 e. The van der Waals surface area contributed by atoms with Crippen LogP contribution in [0.25, 0.3) is 0 Å². The second-order valence-corrected chi connectivity index (χ2v) is 4.07. The molecule has 0 radical (unpaired) electrons. The summed E-state index contributed by atoms with van der Waals surface area (Å²) in [6.07, 6.45) is 2.04. The number of nitrogens with zero attached hydrogens (tertiary/aromatic N) is 1. The van der Waals surface area contributed by atoms with Crippen molar-refractivity contribution >= 4 is 11.7 Å². The first kappa shape index (κ1) is 14.0. The van der Waals surface area contributed by atoms with Crippen molar-refractivity contribution < 1.29 is 9.53 Å². The smallest absolute Gasteiger partial charge is 0.306 e. The number of aryl methyl sites for hydroxylation is 1. The minimum atomic E-state index is -0.299. The number of nitrogens with one attached hydrogen (secondary N) is 1. The zero-order valence-corrected chi connectivity index (χ0v) is 10.6. The molecule has 0 spiro atoms. The van der Waals surface area contributed by atoms with Gasteiger partial charge in [-0.3, -0.25) is 4.79 Å². The molecule has 1 N–H and O–H groups in total. The molecule has 0 aliphatic heterocycles. The maximum absolute atomic E-state index is 11.1. The fraction of sp³-hybridized carbons (Fsp3) is 0.429. The van der Waals surface area contributed by atoms with Gasteiger partial charge < -0.3 is 10.1 Å². The van der Waals surface area contributed by atoms with Gasteiger partial charge in [-0.1, -0.05) is 12.1 Å². The minimum Gasteiger partial charge on any atom is -0.450 e. The molecule has 0 fully saturated rings. The van der Waals surface area contributed by atoms with Crippen molar-refractivity contribution in [3.63, 3.8) is 0 Å². The van der Waals surface area contributed by atoms with Gasteiger partial charge >= 0.3 is 5.97 Å². The van der Waals surface area contributed by atoms with Crippen LogP contribution in [-0.4, -0.2) is 19.1 Å². The zero-order chi connectivity index (χ0) is 13.2. The molecule has 18 heavy (non-hydrogen) atoms. The van der Waals surface area contributed by atoms with E-state index < -0.39 is 0 Å². The highest BCUT2D eigenvalue weighted by Gasteiger charge is 2.01. The molecule has 1 rings (SSSR count). The van der Waals surface area contributed by atoms with Crippen LogP contribution in [0, 0.1) is 18.3 Å². The molecule has 4 nitrogen and oxygen atoms in total. The topological polar surface area (TPSA) is 62.1 Å². The first-order valence-corrected chi connectivity index (χ1v) is 6.05.